The maximum absolute atomic E-state index is 13.6. The molecule has 1 atom stereocenters. The van der Waals surface area contributed by atoms with E-state index in [1.807, 2.05) is 37.2 Å². The van der Waals surface area contributed by atoms with Crippen LogP contribution in [0.25, 0.3) is 0 Å². The Morgan fingerprint density at radius 1 is 1.35 bits per heavy atom. The molecule has 0 bridgehead atoms. The predicted molar refractivity (Wildman–Crippen MR) is 96.1 cm³/mol. The smallest absolute Gasteiger partial charge is 0.257 e. The van der Waals surface area contributed by atoms with Crippen LogP contribution in [0.3, 0.4) is 0 Å². The van der Waals surface area contributed by atoms with Crippen LogP contribution in [0, 0.1) is 5.82 Å². The predicted octanol–water partition coefficient (Wildman–Crippen LogP) is 2.51. The standard InChI is InChI=1S/C19H22FN3O3/c1-22(2)18-6-4-5-15(21-18)17-12-23(9-10-26-17)19(24)14-11-13(20)7-8-16(14)25-3/h4-8,11,17H,9-10,12H2,1-3H3/t17-/m1/s1. The van der Waals surface area contributed by atoms with E-state index in [1.54, 1.807) is 4.90 Å². The molecule has 1 saturated heterocycles. The maximum Gasteiger partial charge on any atom is 0.257 e. The number of morpholine rings is 1. The lowest BCUT2D eigenvalue weighted by atomic mass is 10.1. The second-order valence-electron chi connectivity index (χ2n) is 6.27. The van der Waals surface area contributed by atoms with Crippen LogP contribution in [0.4, 0.5) is 10.2 Å². The van der Waals surface area contributed by atoms with Crippen molar-refractivity contribution in [3.05, 3.63) is 53.5 Å². The number of rotatable bonds is 4. The normalized spacial score (nSPS) is 17.1. The Labute approximate surface area is 152 Å². The SMILES string of the molecule is COc1ccc(F)cc1C(=O)N1CCO[C@@H](c2cccc(N(C)C)n2)C1. The Balaban J connectivity index is 1.81. The average molecular weight is 359 g/mol. The molecule has 7 heteroatoms. The number of halogens is 1. The molecule has 0 unspecified atom stereocenters. The van der Waals surface area contributed by atoms with E-state index in [-0.39, 0.29) is 17.6 Å². The molecule has 0 spiro atoms. The summed E-state index contributed by atoms with van der Waals surface area (Å²) in [6.45, 7) is 1.17. The molecule has 1 aliphatic rings. The van der Waals surface area contributed by atoms with Gasteiger partial charge in [-0.1, -0.05) is 6.07 Å². The van der Waals surface area contributed by atoms with Crippen molar-refractivity contribution in [2.24, 2.45) is 0 Å². The summed E-state index contributed by atoms with van der Waals surface area (Å²) in [5, 5.41) is 0. The van der Waals surface area contributed by atoms with E-state index >= 15 is 0 Å². The molecule has 1 aromatic carbocycles. The van der Waals surface area contributed by atoms with Crippen LogP contribution in [0.2, 0.25) is 0 Å². The maximum atomic E-state index is 13.6. The van der Waals surface area contributed by atoms with Gasteiger partial charge in [0, 0.05) is 20.6 Å². The molecule has 138 valence electrons. The molecule has 6 nitrogen and oxygen atoms in total. The van der Waals surface area contributed by atoms with Crippen LogP contribution in [-0.4, -0.2) is 56.7 Å². The number of methoxy groups -OCH3 is 1. The van der Waals surface area contributed by atoms with Crippen molar-refractivity contribution in [3.8, 4) is 5.75 Å². The van der Waals surface area contributed by atoms with Gasteiger partial charge in [-0.2, -0.15) is 0 Å². The van der Waals surface area contributed by atoms with Crippen LogP contribution in [-0.2, 0) is 4.74 Å². The average Bonchev–Trinajstić information content (AvgIpc) is 2.67. The van der Waals surface area contributed by atoms with E-state index in [1.165, 1.54) is 25.3 Å². The zero-order chi connectivity index (χ0) is 18.7. The summed E-state index contributed by atoms with van der Waals surface area (Å²) in [6, 6.07) is 9.65. The number of aromatic nitrogens is 1. The van der Waals surface area contributed by atoms with Gasteiger partial charge in [0.2, 0.25) is 0 Å². The second kappa shape index (κ2) is 7.70. The monoisotopic (exact) mass is 359 g/mol. The minimum Gasteiger partial charge on any atom is -0.496 e. The zero-order valence-electron chi connectivity index (χ0n) is 15.1. The highest BCUT2D eigenvalue weighted by molar-refractivity contribution is 5.97. The highest BCUT2D eigenvalue weighted by Crippen LogP contribution is 2.26. The lowest BCUT2D eigenvalue weighted by Gasteiger charge is -2.33. The van der Waals surface area contributed by atoms with Crippen LogP contribution in [0.15, 0.2) is 36.4 Å². The molecule has 1 aliphatic heterocycles. The van der Waals surface area contributed by atoms with Crippen molar-refractivity contribution in [2.45, 2.75) is 6.10 Å². The first-order valence-corrected chi connectivity index (χ1v) is 8.38. The number of benzene rings is 1. The number of amides is 1. The summed E-state index contributed by atoms with van der Waals surface area (Å²) in [6.07, 6.45) is -0.327. The van der Waals surface area contributed by atoms with Crippen LogP contribution in [0.1, 0.15) is 22.2 Å². The topological polar surface area (TPSA) is 54.9 Å². The van der Waals surface area contributed by atoms with E-state index in [0.29, 0.717) is 25.4 Å². The Bertz CT molecular complexity index is 797. The Hall–Kier alpha value is -2.67. The summed E-state index contributed by atoms with van der Waals surface area (Å²) in [5.74, 6) is 0.422. The fraction of sp³-hybridized carbons (Fsp3) is 0.368. The van der Waals surface area contributed by atoms with Crippen molar-refractivity contribution in [2.75, 3.05) is 45.8 Å². The summed E-state index contributed by atoms with van der Waals surface area (Å²) in [7, 11) is 5.29. The van der Waals surface area contributed by atoms with Gasteiger partial charge in [-0.05, 0) is 30.3 Å². The largest absolute Gasteiger partial charge is 0.496 e. The Morgan fingerprint density at radius 3 is 2.88 bits per heavy atom. The number of carbonyl (C=O) groups is 1. The van der Waals surface area contributed by atoms with Crippen molar-refractivity contribution < 1.29 is 18.7 Å². The quantitative estimate of drug-likeness (QED) is 0.840. The van der Waals surface area contributed by atoms with Gasteiger partial charge in [-0.3, -0.25) is 4.79 Å². The lowest BCUT2D eigenvalue weighted by molar-refractivity contribution is -0.0247. The molecule has 0 radical (unpaired) electrons. The molecule has 1 fully saturated rings. The van der Waals surface area contributed by atoms with E-state index in [0.717, 1.165) is 11.5 Å². The van der Waals surface area contributed by atoms with Crippen molar-refractivity contribution >= 4 is 11.7 Å². The van der Waals surface area contributed by atoms with Crippen molar-refractivity contribution in [1.82, 2.24) is 9.88 Å². The van der Waals surface area contributed by atoms with Crippen LogP contribution in [0.5, 0.6) is 5.75 Å². The lowest BCUT2D eigenvalue weighted by Crippen LogP contribution is -2.42. The summed E-state index contributed by atoms with van der Waals surface area (Å²) in [4.78, 5) is 21.0. The van der Waals surface area contributed by atoms with Crippen molar-refractivity contribution in [1.29, 1.82) is 0 Å². The zero-order valence-corrected chi connectivity index (χ0v) is 15.1. The summed E-state index contributed by atoms with van der Waals surface area (Å²) in [5.41, 5.74) is 0.975. The third-order valence-corrected chi connectivity index (χ3v) is 4.29. The van der Waals surface area contributed by atoms with Gasteiger partial charge < -0.3 is 19.3 Å². The van der Waals surface area contributed by atoms with Gasteiger partial charge in [0.25, 0.3) is 5.91 Å². The third-order valence-electron chi connectivity index (χ3n) is 4.29. The first-order valence-electron chi connectivity index (χ1n) is 8.38. The molecule has 2 heterocycles. The molecule has 0 N–H and O–H groups in total. The van der Waals surface area contributed by atoms with Gasteiger partial charge in [-0.15, -0.1) is 0 Å². The molecule has 0 saturated carbocycles. The fourth-order valence-corrected chi connectivity index (χ4v) is 2.90. The molecular weight excluding hydrogens is 337 g/mol. The van der Waals surface area contributed by atoms with E-state index in [4.69, 9.17) is 9.47 Å². The van der Waals surface area contributed by atoms with E-state index < -0.39 is 5.82 Å². The molecule has 1 amide bonds. The molecule has 2 aromatic rings. The minimum atomic E-state index is -0.473. The minimum absolute atomic E-state index is 0.211. The van der Waals surface area contributed by atoms with Crippen molar-refractivity contribution in [3.63, 3.8) is 0 Å². The van der Waals surface area contributed by atoms with Gasteiger partial charge in [0.15, 0.2) is 0 Å². The second-order valence-corrected chi connectivity index (χ2v) is 6.27. The number of hydrogen-bond acceptors (Lipinski definition) is 5. The van der Waals surface area contributed by atoms with Crippen LogP contribution < -0.4 is 9.64 Å². The fourth-order valence-electron chi connectivity index (χ4n) is 2.90. The number of ether oxygens (including phenoxy) is 2. The molecule has 26 heavy (non-hydrogen) atoms. The molecular formula is C19H22FN3O3. The molecule has 0 aliphatic carbocycles. The van der Waals surface area contributed by atoms with Gasteiger partial charge in [0.05, 0.1) is 31.5 Å². The Kier molecular flexibility index (Phi) is 5.37. The number of carbonyl (C=O) groups excluding carboxylic acids is 1. The van der Waals surface area contributed by atoms with Gasteiger partial charge in [0.1, 0.15) is 23.5 Å². The van der Waals surface area contributed by atoms with E-state index in [2.05, 4.69) is 4.98 Å². The van der Waals surface area contributed by atoms with Gasteiger partial charge in [-0.25, -0.2) is 9.37 Å². The molecule has 3 rings (SSSR count). The number of pyridine rings is 1. The highest BCUT2D eigenvalue weighted by Gasteiger charge is 2.28. The molecule has 1 aromatic heterocycles. The number of anilines is 1. The summed E-state index contributed by atoms with van der Waals surface area (Å²) < 4.78 is 24.6. The third kappa shape index (κ3) is 3.77. The summed E-state index contributed by atoms with van der Waals surface area (Å²) >= 11 is 0. The Morgan fingerprint density at radius 2 is 2.15 bits per heavy atom. The first kappa shape index (κ1) is 18.1. The van der Waals surface area contributed by atoms with E-state index in [9.17, 15) is 9.18 Å². The number of nitrogens with zero attached hydrogens (tertiary/aromatic N) is 3. The first-order chi connectivity index (χ1) is 12.5. The van der Waals surface area contributed by atoms with Gasteiger partial charge >= 0.3 is 0 Å². The highest BCUT2D eigenvalue weighted by atomic mass is 19.1. The number of hydrogen-bond donors (Lipinski definition) is 0. The van der Waals surface area contributed by atoms with Crippen LogP contribution >= 0.6 is 0 Å².